The molecule has 0 saturated carbocycles. The van der Waals surface area contributed by atoms with Gasteiger partial charge in [0.1, 0.15) is 0 Å². The maximum atomic E-state index is 4.38. The molecule has 1 heterocycles. The lowest BCUT2D eigenvalue weighted by Crippen LogP contribution is -2.28. The molecule has 3 heteroatoms. The van der Waals surface area contributed by atoms with Crippen molar-refractivity contribution in [1.82, 2.24) is 10.3 Å². The summed E-state index contributed by atoms with van der Waals surface area (Å²) >= 11 is 0. The Balaban J connectivity index is 2.69. The normalized spacial score (nSPS) is 12.5. The lowest BCUT2D eigenvalue weighted by molar-refractivity contribution is 0.615. The number of anilines is 1. The summed E-state index contributed by atoms with van der Waals surface area (Å²) in [6.07, 6.45) is 4.35. The topological polar surface area (TPSA) is 28.2 Å². The number of aromatic nitrogens is 1. The SMILES string of the molecule is CCCC(C)N(C)c1ccnc(CNCC)c1. The molecule has 0 saturated heterocycles. The average molecular weight is 235 g/mol. The number of hydrogen-bond donors (Lipinski definition) is 1. The van der Waals surface area contributed by atoms with Crippen molar-refractivity contribution in [3.63, 3.8) is 0 Å². The fraction of sp³-hybridized carbons (Fsp3) is 0.643. The summed E-state index contributed by atoms with van der Waals surface area (Å²) in [5, 5.41) is 3.30. The van der Waals surface area contributed by atoms with Crippen LogP contribution in [-0.2, 0) is 6.54 Å². The first-order chi connectivity index (χ1) is 8.19. The Morgan fingerprint density at radius 3 is 2.82 bits per heavy atom. The Bertz CT molecular complexity index is 325. The summed E-state index contributed by atoms with van der Waals surface area (Å²) in [7, 11) is 2.16. The van der Waals surface area contributed by atoms with E-state index >= 15 is 0 Å². The molecule has 0 aliphatic carbocycles. The molecule has 0 aromatic carbocycles. The zero-order chi connectivity index (χ0) is 12.7. The van der Waals surface area contributed by atoms with Crippen molar-refractivity contribution in [3.8, 4) is 0 Å². The van der Waals surface area contributed by atoms with Crippen molar-refractivity contribution in [2.75, 3.05) is 18.5 Å². The van der Waals surface area contributed by atoms with Gasteiger partial charge < -0.3 is 10.2 Å². The van der Waals surface area contributed by atoms with Crippen molar-refractivity contribution in [1.29, 1.82) is 0 Å². The highest BCUT2D eigenvalue weighted by atomic mass is 15.1. The molecule has 1 aromatic heterocycles. The Kier molecular flexibility index (Phi) is 5.98. The van der Waals surface area contributed by atoms with Gasteiger partial charge in [-0.05, 0) is 32.0 Å². The quantitative estimate of drug-likeness (QED) is 0.787. The second kappa shape index (κ2) is 7.28. The minimum atomic E-state index is 0.578. The van der Waals surface area contributed by atoms with Crippen LogP contribution in [-0.4, -0.2) is 24.6 Å². The summed E-state index contributed by atoms with van der Waals surface area (Å²) in [4.78, 5) is 6.71. The van der Waals surface area contributed by atoms with Crippen LogP contribution in [0, 0.1) is 0 Å². The second-order valence-corrected chi connectivity index (χ2v) is 4.53. The molecule has 0 aliphatic heterocycles. The Hall–Kier alpha value is -1.09. The fourth-order valence-corrected chi connectivity index (χ4v) is 1.90. The zero-order valence-electron chi connectivity index (χ0n) is 11.5. The predicted molar refractivity (Wildman–Crippen MR) is 74.4 cm³/mol. The van der Waals surface area contributed by atoms with Gasteiger partial charge in [0.25, 0.3) is 0 Å². The third kappa shape index (κ3) is 4.35. The number of nitrogens with one attached hydrogen (secondary N) is 1. The van der Waals surface area contributed by atoms with E-state index in [1.807, 2.05) is 6.20 Å². The summed E-state index contributed by atoms with van der Waals surface area (Å²) in [5.41, 5.74) is 2.37. The van der Waals surface area contributed by atoms with Crippen molar-refractivity contribution in [3.05, 3.63) is 24.0 Å². The van der Waals surface area contributed by atoms with E-state index in [0.717, 1.165) is 18.8 Å². The molecule has 1 unspecified atom stereocenters. The van der Waals surface area contributed by atoms with Gasteiger partial charge in [-0.25, -0.2) is 0 Å². The smallest absolute Gasteiger partial charge is 0.0562 e. The summed E-state index contributed by atoms with van der Waals surface area (Å²) in [6.45, 7) is 8.44. The van der Waals surface area contributed by atoms with E-state index in [-0.39, 0.29) is 0 Å². The van der Waals surface area contributed by atoms with E-state index in [4.69, 9.17) is 0 Å². The molecular formula is C14H25N3. The molecule has 0 radical (unpaired) electrons. The standard InChI is InChI=1S/C14H25N3/c1-5-7-12(3)17(4)14-8-9-16-13(10-14)11-15-6-2/h8-10,12,15H,5-7,11H2,1-4H3. The van der Waals surface area contributed by atoms with E-state index in [1.165, 1.54) is 18.5 Å². The lowest BCUT2D eigenvalue weighted by Gasteiger charge is -2.27. The number of pyridine rings is 1. The van der Waals surface area contributed by atoms with Gasteiger partial charge in [-0.1, -0.05) is 20.3 Å². The van der Waals surface area contributed by atoms with E-state index in [9.17, 15) is 0 Å². The largest absolute Gasteiger partial charge is 0.372 e. The highest BCUT2D eigenvalue weighted by Gasteiger charge is 2.09. The van der Waals surface area contributed by atoms with Gasteiger partial charge in [0, 0.05) is 31.5 Å². The molecular weight excluding hydrogens is 210 g/mol. The molecule has 0 spiro atoms. The number of nitrogens with zero attached hydrogens (tertiary/aromatic N) is 2. The van der Waals surface area contributed by atoms with Crippen LogP contribution in [0.15, 0.2) is 18.3 Å². The van der Waals surface area contributed by atoms with Gasteiger partial charge in [-0.15, -0.1) is 0 Å². The van der Waals surface area contributed by atoms with Crippen molar-refractivity contribution >= 4 is 5.69 Å². The van der Waals surface area contributed by atoms with Crippen LogP contribution in [0.5, 0.6) is 0 Å². The first kappa shape index (κ1) is 14.0. The first-order valence-electron chi connectivity index (χ1n) is 6.57. The van der Waals surface area contributed by atoms with Crippen LogP contribution in [0.2, 0.25) is 0 Å². The Morgan fingerprint density at radius 1 is 1.41 bits per heavy atom. The zero-order valence-corrected chi connectivity index (χ0v) is 11.5. The van der Waals surface area contributed by atoms with Crippen LogP contribution >= 0.6 is 0 Å². The van der Waals surface area contributed by atoms with Gasteiger partial charge >= 0.3 is 0 Å². The summed E-state index contributed by atoms with van der Waals surface area (Å²) in [6, 6.07) is 4.84. The third-order valence-electron chi connectivity index (χ3n) is 3.13. The monoisotopic (exact) mass is 235 g/mol. The van der Waals surface area contributed by atoms with Crippen molar-refractivity contribution in [2.24, 2.45) is 0 Å². The Labute approximate surface area is 105 Å². The van der Waals surface area contributed by atoms with Crippen LogP contribution in [0.3, 0.4) is 0 Å². The molecule has 1 aromatic rings. The van der Waals surface area contributed by atoms with Crippen molar-refractivity contribution in [2.45, 2.75) is 46.2 Å². The molecule has 1 rings (SSSR count). The molecule has 1 atom stereocenters. The molecule has 96 valence electrons. The van der Waals surface area contributed by atoms with E-state index in [0.29, 0.717) is 6.04 Å². The molecule has 3 nitrogen and oxygen atoms in total. The summed E-state index contributed by atoms with van der Waals surface area (Å²) < 4.78 is 0. The van der Waals surface area contributed by atoms with Gasteiger partial charge in [0.05, 0.1) is 5.69 Å². The van der Waals surface area contributed by atoms with Gasteiger partial charge in [-0.3, -0.25) is 4.98 Å². The molecule has 0 amide bonds. The van der Waals surface area contributed by atoms with E-state index in [1.54, 1.807) is 0 Å². The van der Waals surface area contributed by atoms with Gasteiger partial charge in [0.15, 0.2) is 0 Å². The molecule has 0 fully saturated rings. The molecule has 0 bridgehead atoms. The van der Waals surface area contributed by atoms with Gasteiger partial charge in [-0.2, -0.15) is 0 Å². The van der Waals surface area contributed by atoms with E-state index in [2.05, 4.69) is 55.2 Å². The molecule has 0 aliphatic rings. The minimum absolute atomic E-state index is 0.578. The molecule has 17 heavy (non-hydrogen) atoms. The predicted octanol–water partition coefficient (Wildman–Crippen LogP) is 2.82. The number of rotatable bonds is 7. The van der Waals surface area contributed by atoms with Crippen LogP contribution in [0.25, 0.3) is 0 Å². The highest BCUT2D eigenvalue weighted by molar-refractivity contribution is 5.46. The fourth-order valence-electron chi connectivity index (χ4n) is 1.90. The van der Waals surface area contributed by atoms with Crippen molar-refractivity contribution < 1.29 is 0 Å². The lowest BCUT2D eigenvalue weighted by atomic mass is 10.1. The minimum Gasteiger partial charge on any atom is -0.372 e. The van der Waals surface area contributed by atoms with Gasteiger partial charge in [0.2, 0.25) is 0 Å². The van der Waals surface area contributed by atoms with Crippen LogP contribution in [0.1, 0.15) is 39.3 Å². The third-order valence-corrected chi connectivity index (χ3v) is 3.13. The van der Waals surface area contributed by atoms with Crippen LogP contribution < -0.4 is 10.2 Å². The maximum Gasteiger partial charge on any atom is 0.0562 e. The van der Waals surface area contributed by atoms with Crippen LogP contribution in [0.4, 0.5) is 5.69 Å². The number of hydrogen-bond acceptors (Lipinski definition) is 3. The maximum absolute atomic E-state index is 4.38. The summed E-state index contributed by atoms with van der Waals surface area (Å²) in [5.74, 6) is 0. The second-order valence-electron chi connectivity index (χ2n) is 4.53. The Morgan fingerprint density at radius 2 is 2.18 bits per heavy atom. The first-order valence-corrected chi connectivity index (χ1v) is 6.57. The average Bonchev–Trinajstić information content (AvgIpc) is 2.36. The molecule has 1 N–H and O–H groups in total. The highest BCUT2D eigenvalue weighted by Crippen LogP contribution is 2.17. The van der Waals surface area contributed by atoms with E-state index < -0.39 is 0 Å².